The number of carbonyl (C=O) groups is 1. The van der Waals surface area contributed by atoms with Gasteiger partial charge >= 0.3 is 0 Å². The smallest absolute Gasteiger partial charge is 0.274 e. The van der Waals surface area contributed by atoms with Crippen molar-refractivity contribution in [3.8, 4) is 6.07 Å². The van der Waals surface area contributed by atoms with Gasteiger partial charge in [-0.2, -0.15) is 5.26 Å². The van der Waals surface area contributed by atoms with Gasteiger partial charge in [0.2, 0.25) is 0 Å². The number of nitrogens with zero attached hydrogens (tertiary/aromatic N) is 2. The number of rotatable bonds is 2. The Labute approximate surface area is 117 Å². The molecule has 4 nitrogen and oxygen atoms in total. The van der Waals surface area contributed by atoms with Gasteiger partial charge in [-0.05, 0) is 46.3 Å². The van der Waals surface area contributed by atoms with Crippen LogP contribution < -0.4 is 5.32 Å². The largest absolute Gasteiger partial charge is 0.320 e. The van der Waals surface area contributed by atoms with Crippen molar-refractivity contribution in [1.82, 2.24) is 4.98 Å². The van der Waals surface area contributed by atoms with Crippen molar-refractivity contribution >= 4 is 27.5 Å². The molecule has 0 aliphatic carbocycles. The molecule has 94 valence electrons. The van der Waals surface area contributed by atoms with Gasteiger partial charge in [0.25, 0.3) is 5.91 Å². The van der Waals surface area contributed by atoms with E-state index in [1.54, 1.807) is 0 Å². The van der Waals surface area contributed by atoms with Gasteiger partial charge in [0.15, 0.2) is 0 Å². The summed E-state index contributed by atoms with van der Waals surface area (Å²) in [7, 11) is 0. The Hall–Kier alpha value is -2.26. The van der Waals surface area contributed by atoms with Crippen molar-refractivity contribution in [1.29, 1.82) is 5.26 Å². The number of amides is 1. The lowest BCUT2D eigenvalue weighted by Gasteiger charge is -2.06. The molecule has 0 bridgehead atoms. The summed E-state index contributed by atoms with van der Waals surface area (Å²) < 4.78 is 13.3. The van der Waals surface area contributed by atoms with Crippen LogP contribution in [0.3, 0.4) is 0 Å². The Morgan fingerprint density at radius 3 is 2.74 bits per heavy atom. The van der Waals surface area contributed by atoms with E-state index in [4.69, 9.17) is 5.26 Å². The van der Waals surface area contributed by atoms with Crippen molar-refractivity contribution in [3.05, 3.63) is 58.1 Å². The van der Waals surface area contributed by atoms with E-state index in [0.717, 1.165) is 0 Å². The summed E-state index contributed by atoms with van der Waals surface area (Å²) in [6.45, 7) is 0. The third kappa shape index (κ3) is 3.14. The Morgan fingerprint density at radius 2 is 2.16 bits per heavy atom. The molecule has 0 radical (unpaired) electrons. The first-order valence-electron chi connectivity index (χ1n) is 5.22. The summed E-state index contributed by atoms with van der Waals surface area (Å²) in [5.41, 5.74) is 0.993. The molecule has 19 heavy (non-hydrogen) atoms. The molecule has 0 atom stereocenters. The molecule has 0 fully saturated rings. The minimum Gasteiger partial charge on any atom is -0.320 e. The van der Waals surface area contributed by atoms with Crippen LogP contribution in [0.4, 0.5) is 10.1 Å². The molecule has 2 rings (SSSR count). The number of pyridine rings is 1. The molecule has 0 saturated heterocycles. The highest BCUT2D eigenvalue weighted by molar-refractivity contribution is 9.10. The number of carbonyl (C=O) groups excluding carboxylic acids is 1. The van der Waals surface area contributed by atoms with Crippen LogP contribution in [0.25, 0.3) is 0 Å². The fourth-order valence-corrected chi connectivity index (χ4v) is 1.82. The molecule has 0 spiro atoms. The van der Waals surface area contributed by atoms with Crippen LogP contribution in [0.1, 0.15) is 16.1 Å². The normalized spacial score (nSPS) is 9.74. The van der Waals surface area contributed by atoms with Gasteiger partial charge in [0, 0.05) is 10.7 Å². The summed E-state index contributed by atoms with van der Waals surface area (Å²) >= 11 is 3.15. The van der Waals surface area contributed by atoms with Crippen molar-refractivity contribution in [2.75, 3.05) is 5.32 Å². The van der Waals surface area contributed by atoms with Crippen LogP contribution in [-0.4, -0.2) is 10.9 Å². The van der Waals surface area contributed by atoms with Gasteiger partial charge in [-0.1, -0.05) is 0 Å². The lowest BCUT2D eigenvalue weighted by molar-refractivity contribution is 0.102. The first kappa shape index (κ1) is 13.2. The van der Waals surface area contributed by atoms with Crippen molar-refractivity contribution < 1.29 is 9.18 Å². The zero-order valence-corrected chi connectivity index (χ0v) is 11.1. The van der Waals surface area contributed by atoms with Crippen LogP contribution in [-0.2, 0) is 0 Å². The van der Waals surface area contributed by atoms with Crippen LogP contribution in [0.2, 0.25) is 0 Å². The lowest BCUT2D eigenvalue weighted by Crippen LogP contribution is -2.14. The quantitative estimate of drug-likeness (QED) is 0.924. The van der Waals surface area contributed by atoms with Crippen LogP contribution in [0.15, 0.2) is 41.0 Å². The van der Waals surface area contributed by atoms with E-state index in [0.29, 0.717) is 15.7 Å². The standard InChI is InChI=1S/C13H7BrFN3O/c14-10-5-9(15)2-4-11(10)18-13(19)12-3-1-8(6-16)7-17-12/h1-5,7H,(H,18,19). The first-order chi connectivity index (χ1) is 9.10. The average molecular weight is 320 g/mol. The number of halogens is 2. The van der Waals surface area contributed by atoms with Gasteiger partial charge in [-0.25, -0.2) is 9.37 Å². The number of nitriles is 1. The number of hydrogen-bond donors (Lipinski definition) is 1. The summed E-state index contributed by atoms with van der Waals surface area (Å²) in [6.07, 6.45) is 1.31. The van der Waals surface area contributed by atoms with E-state index in [1.807, 2.05) is 6.07 Å². The second-order valence-corrected chi connectivity index (χ2v) is 4.48. The van der Waals surface area contributed by atoms with Crippen LogP contribution in [0.5, 0.6) is 0 Å². The number of nitrogens with one attached hydrogen (secondary N) is 1. The Kier molecular flexibility index (Phi) is 3.88. The minimum atomic E-state index is -0.434. The molecule has 0 aliphatic heterocycles. The minimum absolute atomic E-state index is 0.176. The maximum Gasteiger partial charge on any atom is 0.274 e. The molecule has 6 heteroatoms. The van der Waals surface area contributed by atoms with Gasteiger partial charge in [0.1, 0.15) is 17.6 Å². The molecule has 1 amide bonds. The molecule has 2 aromatic rings. The predicted molar refractivity (Wildman–Crippen MR) is 71.0 cm³/mol. The molecule has 0 unspecified atom stereocenters. The molecular formula is C13H7BrFN3O. The van der Waals surface area contributed by atoms with E-state index in [9.17, 15) is 9.18 Å². The Bertz CT molecular complexity index is 665. The monoisotopic (exact) mass is 319 g/mol. The number of benzene rings is 1. The molecule has 1 aromatic carbocycles. The molecular weight excluding hydrogens is 313 g/mol. The van der Waals surface area contributed by atoms with Gasteiger partial charge in [0.05, 0.1) is 11.3 Å². The van der Waals surface area contributed by atoms with Crippen molar-refractivity contribution in [2.45, 2.75) is 0 Å². The maximum absolute atomic E-state index is 12.9. The molecule has 0 saturated carbocycles. The topological polar surface area (TPSA) is 65.8 Å². The Balaban J connectivity index is 2.18. The number of anilines is 1. The van der Waals surface area contributed by atoms with E-state index in [2.05, 4.69) is 26.2 Å². The maximum atomic E-state index is 12.9. The van der Waals surface area contributed by atoms with Crippen molar-refractivity contribution in [3.63, 3.8) is 0 Å². The molecule has 1 aromatic heterocycles. The highest BCUT2D eigenvalue weighted by Crippen LogP contribution is 2.23. The zero-order valence-electron chi connectivity index (χ0n) is 9.52. The zero-order chi connectivity index (χ0) is 13.8. The SMILES string of the molecule is N#Cc1ccc(C(=O)Nc2ccc(F)cc2Br)nc1. The first-order valence-corrected chi connectivity index (χ1v) is 6.02. The van der Waals surface area contributed by atoms with Gasteiger partial charge in [-0.3, -0.25) is 4.79 Å². The lowest BCUT2D eigenvalue weighted by atomic mass is 10.2. The summed E-state index contributed by atoms with van der Waals surface area (Å²) in [4.78, 5) is 15.7. The third-order valence-electron chi connectivity index (χ3n) is 2.30. The molecule has 1 heterocycles. The molecule has 1 N–H and O–H groups in total. The van der Waals surface area contributed by atoms with Gasteiger partial charge < -0.3 is 5.32 Å². The second kappa shape index (κ2) is 5.59. The fourth-order valence-electron chi connectivity index (χ4n) is 1.37. The average Bonchev–Trinajstić information content (AvgIpc) is 2.42. The predicted octanol–water partition coefficient (Wildman–Crippen LogP) is 3.11. The fraction of sp³-hybridized carbons (Fsp3) is 0. The van der Waals surface area contributed by atoms with E-state index in [-0.39, 0.29) is 5.69 Å². The summed E-state index contributed by atoms with van der Waals surface area (Å²) in [6, 6.07) is 8.81. The van der Waals surface area contributed by atoms with Crippen molar-refractivity contribution in [2.24, 2.45) is 0 Å². The van der Waals surface area contributed by atoms with Crippen LogP contribution in [0, 0.1) is 17.1 Å². The third-order valence-corrected chi connectivity index (χ3v) is 2.96. The van der Waals surface area contributed by atoms with Gasteiger partial charge in [-0.15, -0.1) is 0 Å². The van der Waals surface area contributed by atoms with Crippen LogP contribution >= 0.6 is 15.9 Å². The highest BCUT2D eigenvalue weighted by atomic mass is 79.9. The summed E-state index contributed by atoms with van der Waals surface area (Å²) in [5.74, 6) is -0.835. The summed E-state index contributed by atoms with van der Waals surface area (Å²) in [5, 5.41) is 11.2. The van der Waals surface area contributed by atoms with E-state index >= 15 is 0 Å². The van der Waals surface area contributed by atoms with E-state index < -0.39 is 11.7 Å². The number of aromatic nitrogens is 1. The second-order valence-electron chi connectivity index (χ2n) is 3.62. The Morgan fingerprint density at radius 1 is 1.37 bits per heavy atom. The highest BCUT2D eigenvalue weighted by Gasteiger charge is 2.10. The number of hydrogen-bond acceptors (Lipinski definition) is 3. The molecule has 0 aliphatic rings. The van der Waals surface area contributed by atoms with E-state index in [1.165, 1.54) is 36.5 Å².